The summed E-state index contributed by atoms with van der Waals surface area (Å²) in [6.45, 7) is 3.50. The first kappa shape index (κ1) is 22.7. The Hall–Kier alpha value is -4.13. The van der Waals surface area contributed by atoms with Crippen LogP contribution < -0.4 is 15.4 Å². The molecule has 4 aromatic rings. The summed E-state index contributed by atoms with van der Waals surface area (Å²) in [5, 5.41) is 20.7. The standard InChI is InChI=1S/C25H26FN7O2/c1-13-21(14(2)35-33-13)17-9-20(34-3)19(10-18(17)26)30-25-31-23-22(15(11-27)12-28-23)24(32-25)29-16-7-5-4-6-8-16/h9-10,12,16H,4-8H2,1-3H3,(H3,28,29,30,31,32). The molecule has 35 heavy (non-hydrogen) atoms. The predicted octanol–water partition coefficient (Wildman–Crippen LogP) is 5.74. The summed E-state index contributed by atoms with van der Waals surface area (Å²) in [5.74, 6) is 1.31. The van der Waals surface area contributed by atoms with Gasteiger partial charge in [-0.25, -0.2) is 4.39 Å². The van der Waals surface area contributed by atoms with Crippen LogP contribution in [-0.2, 0) is 0 Å². The molecule has 9 nitrogen and oxygen atoms in total. The highest BCUT2D eigenvalue weighted by Crippen LogP contribution is 2.38. The minimum absolute atomic E-state index is 0.255. The molecule has 0 saturated heterocycles. The normalized spacial score (nSPS) is 14.1. The number of aryl methyl sites for hydroxylation is 2. The van der Waals surface area contributed by atoms with E-state index in [2.05, 4.69) is 36.8 Å². The van der Waals surface area contributed by atoms with Crippen molar-refractivity contribution >= 4 is 28.5 Å². The molecule has 0 radical (unpaired) electrons. The zero-order chi connectivity index (χ0) is 24.5. The number of H-pyrrole nitrogens is 1. The van der Waals surface area contributed by atoms with Crippen molar-refractivity contribution < 1.29 is 13.7 Å². The van der Waals surface area contributed by atoms with Crippen molar-refractivity contribution in [2.75, 3.05) is 17.7 Å². The van der Waals surface area contributed by atoms with E-state index in [0.29, 0.717) is 56.4 Å². The van der Waals surface area contributed by atoms with Crippen LogP contribution >= 0.6 is 0 Å². The molecule has 0 aliphatic heterocycles. The average molecular weight is 476 g/mol. The highest BCUT2D eigenvalue weighted by atomic mass is 19.1. The second-order valence-corrected chi connectivity index (χ2v) is 8.77. The number of halogens is 1. The van der Waals surface area contributed by atoms with Crippen molar-refractivity contribution in [2.45, 2.75) is 52.0 Å². The third-order valence-corrected chi connectivity index (χ3v) is 6.44. The molecule has 3 heterocycles. The minimum Gasteiger partial charge on any atom is -0.495 e. The monoisotopic (exact) mass is 475 g/mol. The summed E-state index contributed by atoms with van der Waals surface area (Å²) in [7, 11) is 1.51. The first-order valence-corrected chi connectivity index (χ1v) is 11.6. The van der Waals surface area contributed by atoms with Crippen molar-refractivity contribution in [3.8, 4) is 22.9 Å². The smallest absolute Gasteiger partial charge is 0.231 e. The van der Waals surface area contributed by atoms with Crippen molar-refractivity contribution in [1.29, 1.82) is 5.26 Å². The van der Waals surface area contributed by atoms with Gasteiger partial charge in [0.05, 0.1) is 35.0 Å². The van der Waals surface area contributed by atoms with Gasteiger partial charge in [-0.15, -0.1) is 0 Å². The number of ether oxygens (including phenoxy) is 1. The zero-order valence-corrected chi connectivity index (χ0v) is 19.8. The summed E-state index contributed by atoms with van der Waals surface area (Å²) in [6, 6.07) is 5.42. The van der Waals surface area contributed by atoms with Gasteiger partial charge in [-0.2, -0.15) is 15.2 Å². The number of fused-ring (bicyclic) bond motifs is 1. The van der Waals surface area contributed by atoms with Gasteiger partial charge < -0.3 is 24.9 Å². The summed E-state index contributed by atoms with van der Waals surface area (Å²) < 4.78 is 26.0. The van der Waals surface area contributed by atoms with E-state index in [1.807, 2.05) is 0 Å². The second kappa shape index (κ2) is 9.25. The molecule has 0 unspecified atom stereocenters. The molecule has 180 valence electrons. The molecule has 3 aromatic heterocycles. The van der Waals surface area contributed by atoms with Crippen LogP contribution in [0.5, 0.6) is 5.75 Å². The number of nitrogens with one attached hydrogen (secondary N) is 3. The van der Waals surface area contributed by atoms with Gasteiger partial charge in [0.1, 0.15) is 34.9 Å². The number of hydrogen-bond donors (Lipinski definition) is 3. The van der Waals surface area contributed by atoms with Crippen LogP contribution in [0.25, 0.3) is 22.2 Å². The highest BCUT2D eigenvalue weighted by molar-refractivity contribution is 5.94. The number of benzene rings is 1. The van der Waals surface area contributed by atoms with Gasteiger partial charge in [0.25, 0.3) is 0 Å². The molecule has 0 spiro atoms. The molecule has 10 heteroatoms. The van der Waals surface area contributed by atoms with Gasteiger partial charge >= 0.3 is 0 Å². The molecular weight excluding hydrogens is 449 g/mol. The van der Waals surface area contributed by atoms with Gasteiger partial charge in [0.2, 0.25) is 5.95 Å². The van der Waals surface area contributed by atoms with E-state index in [0.717, 1.165) is 25.7 Å². The van der Waals surface area contributed by atoms with Gasteiger partial charge in [-0.1, -0.05) is 24.4 Å². The third kappa shape index (κ3) is 4.25. The Labute approximate surface area is 201 Å². The summed E-state index contributed by atoms with van der Waals surface area (Å²) in [6.07, 6.45) is 7.25. The molecule has 1 fully saturated rings. The topological polar surface area (TPSA) is 125 Å². The lowest BCUT2D eigenvalue weighted by Crippen LogP contribution is -2.23. The molecule has 5 rings (SSSR count). The molecular formula is C25H26FN7O2. The van der Waals surface area contributed by atoms with Crippen LogP contribution in [0.4, 0.5) is 21.8 Å². The van der Waals surface area contributed by atoms with Gasteiger partial charge in [-0.3, -0.25) is 0 Å². The zero-order valence-electron chi connectivity index (χ0n) is 19.8. The van der Waals surface area contributed by atoms with Crippen LogP contribution in [0, 0.1) is 31.0 Å². The molecule has 0 atom stereocenters. The SMILES string of the molecule is COc1cc(-c2c(C)noc2C)c(F)cc1Nc1nc(NC2CCCCC2)c2c(C#N)c[nH]c2n1. The van der Waals surface area contributed by atoms with Crippen LogP contribution in [0.3, 0.4) is 0 Å². The van der Waals surface area contributed by atoms with Gasteiger partial charge in [0.15, 0.2) is 0 Å². The Balaban J connectivity index is 1.54. The van der Waals surface area contributed by atoms with Crippen molar-refractivity contribution in [3.63, 3.8) is 0 Å². The molecule has 1 aromatic carbocycles. The van der Waals surface area contributed by atoms with E-state index in [1.165, 1.54) is 19.6 Å². The maximum atomic E-state index is 15.2. The van der Waals surface area contributed by atoms with Crippen molar-refractivity contribution in [3.05, 3.63) is 41.2 Å². The quantitative estimate of drug-likeness (QED) is 0.323. The van der Waals surface area contributed by atoms with Crippen molar-refractivity contribution in [2.24, 2.45) is 0 Å². The Morgan fingerprint density at radius 1 is 1.20 bits per heavy atom. The van der Waals surface area contributed by atoms with E-state index >= 15 is 4.39 Å². The molecule has 3 N–H and O–H groups in total. The first-order chi connectivity index (χ1) is 17.0. The van der Waals surface area contributed by atoms with E-state index in [1.54, 1.807) is 26.1 Å². The lowest BCUT2D eigenvalue weighted by Gasteiger charge is -2.24. The summed E-state index contributed by atoms with van der Waals surface area (Å²) in [5.41, 5.74) is 2.88. The maximum Gasteiger partial charge on any atom is 0.231 e. The number of anilines is 3. The molecule has 1 saturated carbocycles. The van der Waals surface area contributed by atoms with Crippen molar-refractivity contribution in [1.82, 2.24) is 20.1 Å². The predicted molar refractivity (Wildman–Crippen MR) is 130 cm³/mol. The largest absolute Gasteiger partial charge is 0.495 e. The summed E-state index contributed by atoms with van der Waals surface area (Å²) >= 11 is 0. The molecule has 0 bridgehead atoms. The Morgan fingerprint density at radius 2 is 2.00 bits per heavy atom. The number of methoxy groups -OCH3 is 1. The number of aromatic nitrogens is 4. The number of hydrogen-bond acceptors (Lipinski definition) is 8. The van der Waals surface area contributed by atoms with Crippen LogP contribution in [0.15, 0.2) is 22.9 Å². The number of nitrogens with zero attached hydrogens (tertiary/aromatic N) is 4. The highest BCUT2D eigenvalue weighted by Gasteiger charge is 2.22. The van der Waals surface area contributed by atoms with E-state index in [4.69, 9.17) is 9.26 Å². The number of nitriles is 1. The minimum atomic E-state index is -0.462. The van der Waals surface area contributed by atoms with E-state index in [9.17, 15) is 5.26 Å². The molecule has 0 amide bonds. The lowest BCUT2D eigenvalue weighted by molar-refractivity contribution is 0.393. The molecule has 1 aliphatic carbocycles. The Morgan fingerprint density at radius 3 is 2.69 bits per heavy atom. The first-order valence-electron chi connectivity index (χ1n) is 11.6. The fourth-order valence-electron chi connectivity index (χ4n) is 4.72. The summed E-state index contributed by atoms with van der Waals surface area (Å²) in [4.78, 5) is 12.2. The number of aromatic amines is 1. The average Bonchev–Trinajstić information content (AvgIpc) is 3.42. The Bertz CT molecular complexity index is 1410. The van der Waals surface area contributed by atoms with Gasteiger partial charge in [0, 0.05) is 23.9 Å². The van der Waals surface area contributed by atoms with E-state index in [-0.39, 0.29) is 12.0 Å². The fraction of sp³-hybridized carbons (Fsp3) is 0.360. The lowest BCUT2D eigenvalue weighted by atomic mass is 9.95. The third-order valence-electron chi connectivity index (χ3n) is 6.44. The Kier molecular flexibility index (Phi) is 5.99. The second-order valence-electron chi connectivity index (χ2n) is 8.77. The van der Waals surface area contributed by atoms with Crippen LogP contribution in [-0.4, -0.2) is 33.3 Å². The van der Waals surface area contributed by atoms with Crippen LogP contribution in [0.2, 0.25) is 0 Å². The molecule has 1 aliphatic rings. The number of rotatable bonds is 6. The van der Waals surface area contributed by atoms with Gasteiger partial charge in [-0.05, 0) is 32.8 Å². The fourth-order valence-corrected chi connectivity index (χ4v) is 4.72. The van der Waals surface area contributed by atoms with E-state index < -0.39 is 5.82 Å². The maximum absolute atomic E-state index is 15.2. The van der Waals surface area contributed by atoms with Crippen LogP contribution in [0.1, 0.15) is 49.1 Å².